The number of benzene rings is 1. The highest BCUT2D eigenvalue weighted by Crippen LogP contribution is 2.27. The van der Waals surface area contributed by atoms with Crippen LogP contribution in [0.15, 0.2) is 42.7 Å². The van der Waals surface area contributed by atoms with E-state index >= 15 is 0 Å². The number of H-pyrrole nitrogens is 1. The second-order valence-electron chi connectivity index (χ2n) is 4.07. The number of carbonyl (C=O) groups excluding carboxylic acids is 1. The molecule has 0 aliphatic rings. The van der Waals surface area contributed by atoms with Crippen molar-refractivity contribution >= 4 is 39.9 Å². The Balaban J connectivity index is 1.84. The number of hydrogen-bond donors (Lipinski definition) is 3. The van der Waals surface area contributed by atoms with Gasteiger partial charge >= 0.3 is 6.03 Å². The lowest BCUT2D eigenvalue weighted by Gasteiger charge is -2.09. The molecule has 2 aromatic heterocycles. The molecule has 0 aliphatic heterocycles. The van der Waals surface area contributed by atoms with E-state index in [1.165, 1.54) is 0 Å². The topological polar surface area (TPSA) is 82.7 Å². The number of urea groups is 1. The number of nitrogens with zero attached hydrogens (tertiary/aromatic N) is 2. The third-order valence-corrected chi connectivity index (χ3v) is 3.01. The molecule has 0 bridgehead atoms. The summed E-state index contributed by atoms with van der Waals surface area (Å²) >= 11 is 6.01. The van der Waals surface area contributed by atoms with Crippen LogP contribution < -0.4 is 10.6 Å². The van der Waals surface area contributed by atoms with Crippen molar-refractivity contribution < 1.29 is 4.79 Å². The summed E-state index contributed by atoms with van der Waals surface area (Å²) in [5.41, 5.74) is 1.81. The minimum atomic E-state index is -0.395. The predicted octanol–water partition coefficient (Wildman–Crippen LogP) is 3.26. The Bertz CT molecular complexity index is 756. The molecule has 7 heteroatoms. The Morgan fingerprint density at radius 3 is 2.75 bits per heavy atom. The van der Waals surface area contributed by atoms with Crippen molar-refractivity contribution in [1.29, 1.82) is 0 Å². The molecule has 3 N–H and O–H groups in total. The lowest BCUT2D eigenvalue weighted by atomic mass is 10.3. The molecule has 100 valence electrons. The lowest BCUT2D eigenvalue weighted by Crippen LogP contribution is -2.19. The van der Waals surface area contributed by atoms with Gasteiger partial charge in [0.05, 0.1) is 23.6 Å². The van der Waals surface area contributed by atoms with Gasteiger partial charge in [-0.15, -0.1) is 0 Å². The highest BCUT2D eigenvalue weighted by Gasteiger charge is 2.12. The predicted molar refractivity (Wildman–Crippen MR) is 78.0 cm³/mol. The largest absolute Gasteiger partial charge is 0.323 e. The van der Waals surface area contributed by atoms with Crippen LogP contribution in [-0.2, 0) is 0 Å². The fourth-order valence-electron chi connectivity index (χ4n) is 1.81. The molecule has 1 aromatic carbocycles. The van der Waals surface area contributed by atoms with Gasteiger partial charge in [0.25, 0.3) is 0 Å². The summed E-state index contributed by atoms with van der Waals surface area (Å²) in [6.07, 6.45) is 3.14. The molecule has 0 spiro atoms. The number of carbonyl (C=O) groups is 1. The molecule has 2 heterocycles. The van der Waals surface area contributed by atoms with Crippen molar-refractivity contribution in [2.75, 3.05) is 10.6 Å². The number of fused-ring (bicyclic) bond motifs is 1. The van der Waals surface area contributed by atoms with Crippen LogP contribution in [0.25, 0.3) is 10.9 Å². The Morgan fingerprint density at radius 1 is 1.15 bits per heavy atom. The molecule has 0 saturated heterocycles. The van der Waals surface area contributed by atoms with E-state index in [4.69, 9.17) is 11.6 Å². The number of pyridine rings is 1. The molecule has 20 heavy (non-hydrogen) atoms. The van der Waals surface area contributed by atoms with E-state index in [2.05, 4.69) is 25.8 Å². The summed E-state index contributed by atoms with van der Waals surface area (Å²) in [5.74, 6) is 0. The zero-order chi connectivity index (χ0) is 13.9. The van der Waals surface area contributed by atoms with Crippen molar-refractivity contribution in [2.45, 2.75) is 0 Å². The van der Waals surface area contributed by atoms with Crippen LogP contribution in [0.3, 0.4) is 0 Å². The van der Waals surface area contributed by atoms with Gasteiger partial charge in [-0.3, -0.25) is 5.10 Å². The van der Waals surface area contributed by atoms with Gasteiger partial charge in [0.15, 0.2) is 5.15 Å². The first-order valence-corrected chi connectivity index (χ1v) is 6.22. The first kappa shape index (κ1) is 12.4. The van der Waals surface area contributed by atoms with E-state index in [9.17, 15) is 4.79 Å². The minimum Gasteiger partial charge on any atom is -0.308 e. The van der Waals surface area contributed by atoms with Gasteiger partial charge in [0, 0.05) is 11.1 Å². The SMILES string of the molecule is O=C(Nc1ccccc1)Nc1c(Cl)ncc2[nH]ncc12. The second-order valence-corrected chi connectivity index (χ2v) is 4.42. The molecule has 0 unspecified atom stereocenters. The second kappa shape index (κ2) is 5.18. The Morgan fingerprint density at radius 2 is 1.95 bits per heavy atom. The Hall–Kier alpha value is -2.60. The van der Waals surface area contributed by atoms with Gasteiger partial charge in [-0.2, -0.15) is 5.10 Å². The minimum absolute atomic E-state index is 0.210. The van der Waals surface area contributed by atoms with Gasteiger partial charge in [0.2, 0.25) is 0 Å². The average Bonchev–Trinajstić information content (AvgIpc) is 2.92. The number of para-hydroxylation sites is 1. The van der Waals surface area contributed by atoms with Crippen LogP contribution in [0.4, 0.5) is 16.2 Å². The highest BCUT2D eigenvalue weighted by atomic mass is 35.5. The Labute approximate surface area is 119 Å². The molecule has 2 amide bonds. The van der Waals surface area contributed by atoms with Crippen LogP contribution in [0.1, 0.15) is 0 Å². The molecule has 0 aliphatic carbocycles. The first-order valence-electron chi connectivity index (χ1n) is 5.84. The fraction of sp³-hybridized carbons (Fsp3) is 0. The third-order valence-electron chi connectivity index (χ3n) is 2.72. The average molecular weight is 288 g/mol. The maximum atomic E-state index is 12.0. The molecule has 0 radical (unpaired) electrons. The summed E-state index contributed by atoms with van der Waals surface area (Å²) in [7, 11) is 0. The summed E-state index contributed by atoms with van der Waals surface area (Å²) < 4.78 is 0. The smallest absolute Gasteiger partial charge is 0.308 e. The van der Waals surface area contributed by atoms with E-state index in [1.807, 2.05) is 18.2 Å². The number of amides is 2. The lowest BCUT2D eigenvalue weighted by molar-refractivity contribution is 0.262. The highest BCUT2D eigenvalue weighted by molar-refractivity contribution is 6.34. The number of rotatable bonds is 2. The molecular weight excluding hydrogens is 278 g/mol. The summed E-state index contributed by atoms with van der Waals surface area (Å²) in [5, 5.41) is 13.0. The maximum Gasteiger partial charge on any atom is 0.323 e. The van der Waals surface area contributed by atoms with Crippen LogP contribution >= 0.6 is 11.6 Å². The molecular formula is C13H10ClN5O. The van der Waals surface area contributed by atoms with Crippen molar-refractivity contribution in [3.8, 4) is 0 Å². The van der Waals surface area contributed by atoms with Crippen LogP contribution in [0.2, 0.25) is 5.15 Å². The first-order chi connectivity index (χ1) is 9.74. The number of nitrogens with one attached hydrogen (secondary N) is 3. The summed E-state index contributed by atoms with van der Waals surface area (Å²) in [6.45, 7) is 0. The van der Waals surface area contributed by atoms with Gasteiger partial charge in [-0.25, -0.2) is 9.78 Å². The number of aromatic nitrogens is 3. The quantitative estimate of drug-likeness (QED) is 0.633. The van der Waals surface area contributed by atoms with E-state index in [1.54, 1.807) is 24.5 Å². The molecule has 3 rings (SSSR count). The van der Waals surface area contributed by atoms with E-state index in [0.29, 0.717) is 22.3 Å². The van der Waals surface area contributed by atoms with Crippen molar-refractivity contribution in [3.63, 3.8) is 0 Å². The van der Waals surface area contributed by atoms with Gasteiger partial charge in [0.1, 0.15) is 0 Å². The van der Waals surface area contributed by atoms with E-state index < -0.39 is 6.03 Å². The van der Waals surface area contributed by atoms with E-state index in [0.717, 1.165) is 0 Å². The number of halogens is 1. The van der Waals surface area contributed by atoms with Crippen molar-refractivity contribution in [2.24, 2.45) is 0 Å². The molecule has 0 fully saturated rings. The zero-order valence-corrected chi connectivity index (χ0v) is 11.0. The van der Waals surface area contributed by atoms with Crippen LogP contribution in [-0.4, -0.2) is 21.2 Å². The molecule has 6 nitrogen and oxygen atoms in total. The zero-order valence-electron chi connectivity index (χ0n) is 10.2. The number of hydrogen-bond acceptors (Lipinski definition) is 3. The fourth-order valence-corrected chi connectivity index (χ4v) is 2.00. The molecule has 3 aromatic rings. The van der Waals surface area contributed by atoms with Crippen LogP contribution in [0.5, 0.6) is 0 Å². The Kier molecular flexibility index (Phi) is 3.22. The summed E-state index contributed by atoms with van der Waals surface area (Å²) in [6, 6.07) is 8.72. The van der Waals surface area contributed by atoms with E-state index in [-0.39, 0.29) is 5.15 Å². The van der Waals surface area contributed by atoms with Crippen molar-refractivity contribution in [1.82, 2.24) is 15.2 Å². The molecule has 0 atom stereocenters. The van der Waals surface area contributed by atoms with Gasteiger partial charge < -0.3 is 10.6 Å². The van der Waals surface area contributed by atoms with Gasteiger partial charge in [-0.05, 0) is 12.1 Å². The third kappa shape index (κ3) is 2.41. The summed E-state index contributed by atoms with van der Waals surface area (Å²) in [4.78, 5) is 16.0. The molecule has 0 saturated carbocycles. The maximum absolute atomic E-state index is 12.0. The standard InChI is InChI=1S/C13H10ClN5O/c14-12-11(9-6-16-19-10(9)7-15-12)18-13(20)17-8-4-2-1-3-5-8/h1-7H,(H,16,19)(H2,17,18,20). The van der Waals surface area contributed by atoms with Crippen molar-refractivity contribution in [3.05, 3.63) is 47.9 Å². The monoisotopic (exact) mass is 287 g/mol. The van der Waals surface area contributed by atoms with Crippen LogP contribution in [0, 0.1) is 0 Å². The number of aromatic amines is 1. The normalized spacial score (nSPS) is 10.4. The van der Waals surface area contributed by atoms with Gasteiger partial charge in [-0.1, -0.05) is 29.8 Å². The number of anilines is 2.